The molecule has 13 heavy (non-hydrogen) atoms. The van der Waals surface area contributed by atoms with Gasteiger partial charge in [-0.3, -0.25) is 0 Å². The molecule has 0 nitrogen and oxygen atoms in total. The molecule has 2 fully saturated rings. The van der Waals surface area contributed by atoms with Gasteiger partial charge >= 0.3 is 0 Å². The van der Waals surface area contributed by atoms with E-state index >= 15 is 0 Å². The van der Waals surface area contributed by atoms with Crippen molar-refractivity contribution in [2.75, 3.05) is 0 Å². The average Bonchev–Trinajstić information content (AvgIpc) is 2.78. The topological polar surface area (TPSA) is 0 Å². The van der Waals surface area contributed by atoms with Crippen molar-refractivity contribution < 1.29 is 0 Å². The Hall–Kier alpha value is 0. The van der Waals surface area contributed by atoms with Crippen LogP contribution in [0.4, 0.5) is 0 Å². The van der Waals surface area contributed by atoms with Crippen molar-refractivity contribution in [1.82, 2.24) is 0 Å². The second kappa shape index (κ2) is 3.63. The van der Waals surface area contributed by atoms with Crippen molar-refractivity contribution in [2.24, 2.45) is 5.41 Å². The molecular weight excluding hydrogens is 156 g/mol. The summed E-state index contributed by atoms with van der Waals surface area (Å²) < 4.78 is 0. The highest BCUT2D eigenvalue weighted by Crippen LogP contribution is 2.49. The summed E-state index contributed by atoms with van der Waals surface area (Å²) in [6, 6.07) is 0. The Morgan fingerprint density at radius 3 is 1.31 bits per heavy atom. The summed E-state index contributed by atoms with van der Waals surface area (Å²) in [6.45, 7) is 4.52. The summed E-state index contributed by atoms with van der Waals surface area (Å²) in [4.78, 5) is 0. The Bertz CT molecular complexity index is 139. The molecule has 0 heteroatoms. The molecule has 0 spiro atoms. The van der Waals surface area contributed by atoms with Gasteiger partial charge in [0.15, 0.2) is 0 Å². The third-order valence-corrected chi connectivity index (χ3v) is 2.77. The summed E-state index contributed by atoms with van der Waals surface area (Å²) in [6.07, 6.45) is 17.1. The van der Waals surface area contributed by atoms with E-state index in [1.807, 2.05) is 0 Å². The third-order valence-electron chi connectivity index (χ3n) is 2.77. The first-order valence-electron chi connectivity index (χ1n) is 4.65. The molecule has 0 N–H and O–H groups in total. The van der Waals surface area contributed by atoms with Gasteiger partial charge in [0, 0.05) is 0 Å². The smallest absolute Gasteiger partial charge is 0.0105 e. The predicted molar refractivity (Wildman–Crippen MR) is 54.7 cm³/mol. The Balaban J connectivity index is 1.99. The highest BCUT2D eigenvalue weighted by Gasteiger charge is 2.40. The van der Waals surface area contributed by atoms with Gasteiger partial charge in [0.1, 0.15) is 0 Å². The van der Waals surface area contributed by atoms with Crippen LogP contribution in [0.2, 0.25) is 0 Å². The second-order valence-corrected chi connectivity index (χ2v) is 3.97. The van der Waals surface area contributed by atoms with Crippen LogP contribution in [0.5, 0.6) is 0 Å². The molecule has 2 saturated carbocycles. The average molecular weight is 170 g/mol. The zero-order valence-electron chi connectivity index (χ0n) is 8.12. The fraction of sp³-hybridized carbons (Fsp3) is 0.231. The minimum atomic E-state index is 0.146. The second-order valence-electron chi connectivity index (χ2n) is 3.97. The Labute approximate surface area is 83.1 Å². The van der Waals surface area contributed by atoms with Crippen LogP contribution in [0.3, 0.4) is 0 Å². The summed E-state index contributed by atoms with van der Waals surface area (Å²) in [5.41, 5.74) is 0.146. The van der Waals surface area contributed by atoms with E-state index in [-0.39, 0.29) is 5.41 Å². The van der Waals surface area contributed by atoms with Gasteiger partial charge in [-0.25, -0.2) is 0 Å². The quantitative estimate of drug-likeness (QED) is 0.597. The summed E-state index contributed by atoms with van der Waals surface area (Å²) in [7, 11) is 0. The number of hydrogen-bond acceptors (Lipinski definition) is 0. The molecule has 0 aromatic carbocycles. The first-order valence-corrected chi connectivity index (χ1v) is 4.65. The van der Waals surface area contributed by atoms with E-state index in [1.165, 1.54) is 11.8 Å². The van der Waals surface area contributed by atoms with E-state index in [0.717, 1.165) is 0 Å². The van der Waals surface area contributed by atoms with Crippen molar-refractivity contribution in [3.05, 3.63) is 63.2 Å². The van der Waals surface area contributed by atoms with Gasteiger partial charge in [0.05, 0.1) is 0 Å². The predicted octanol–water partition coefficient (Wildman–Crippen LogP) is 2.82. The van der Waals surface area contributed by atoms with E-state index in [1.54, 1.807) is 0 Å². The fourth-order valence-electron chi connectivity index (χ4n) is 1.75. The van der Waals surface area contributed by atoms with Gasteiger partial charge in [-0.05, 0) is 68.6 Å². The first-order chi connectivity index (χ1) is 6.21. The van der Waals surface area contributed by atoms with Crippen molar-refractivity contribution in [2.45, 2.75) is 13.8 Å². The fourth-order valence-corrected chi connectivity index (χ4v) is 1.75. The molecule has 0 bridgehead atoms. The number of hydrogen-bond donors (Lipinski definition) is 0. The Morgan fingerprint density at radius 2 is 1.00 bits per heavy atom. The van der Waals surface area contributed by atoms with Crippen LogP contribution in [-0.4, -0.2) is 0 Å². The standard InChI is InChI=1S/C13H14/c1-13(2,11-7-3-4-8-11)12-9-5-6-10-12/h3-10H,1-2H3. The lowest BCUT2D eigenvalue weighted by molar-refractivity contribution is 0.456. The minimum absolute atomic E-state index is 0.146. The van der Waals surface area contributed by atoms with Gasteiger partial charge in [0.2, 0.25) is 0 Å². The van der Waals surface area contributed by atoms with Crippen molar-refractivity contribution in [3.8, 4) is 0 Å². The van der Waals surface area contributed by atoms with Gasteiger partial charge in [-0.15, -0.1) is 0 Å². The molecule has 0 aromatic rings. The van der Waals surface area contributed by atoms with Crippen LogP contribution in [0.25, 0.3) is 0 Å². The van der Waals surface area contributed by atoms with Crippen LogP contribution >= 0.6 is 0 Å². The molecule has 0 aromatic heterocycles. The molecule has 2 aliphatic rings. The van der Waals surface area contributed by atoms with Crippen LogP contribution in [0, 0.1) is 68.6 Å². The summed E-state index contributed by atoms with van der Waals surface area (Å²) >= 11 is 0. The van der Waals surface area contributed by atoms with Crippen molar-refractivity contribution >= 4 is 0 Å². The van der Waals surface area contributed by atoms with Crippen molar-refractivity contribution in [3.63, 3.8) is 0 Å². The molecule has 0 saturated heterocycles. The van der Waals surface area contributed by atoms with E-state index < -0.39 is 0 Å². The molecular formula is C13H14. The van der Waals surface area contributed by atoms with Gasteiger partial charge in [-0.2, -0.15) is 0 Å². The molecule has 0 aliphatic heterocycles. The zero-order valence-corrected chi connectivity index (χ0v) is 8.12. The van der Waals surface area contributed by atoms with Gasteiger partial charge < -0.3 is 0 Å². The highest BCUT2D eigenvalue weighted by atomic mass is 14.4. The number of rotatable bonds is 2. The van der Waals surface area contributed by atoms with E-state index in [4.69, 9.17) is 0 Å². The first kappa shape index (κ1) is 9.55. The normalized spacial score (nSPS) is 27.2. The van der Waals surface area contributed by atoms with Crippen LogP contribution in [0.15, 0.2) is 0 Å². The summed E-state index contributed by atoms with van der Waals surface area (Å²) in [5.74, 6) is 2.78. The van der Waals surface area contributed by atoms with Crippen LogP contribution in [0.1, 0.15) is 13.8 Å². The minimum Gasteiger partial charge on any atom is -0.0588 e. The molecule has 0 amide bonds. The lowest BCUT2D eigenvalue weighted by atomic mass is 9.68. The lowest BCUT2D eigenvalue weighted by Gasteiger charge is -2.36. The zero-order chi connectivity index (χ0) is 9.31. The Morgan fingerprint density at radius 1 is 0.692 bits per heavy atom. The molecule has 0 unspecified atom stereocenters. The molecule has 0 atom stereocenters. The third kappa shape index (κ3) is 1.78. The maximum Gasteiger partial charge on any atom is -0.0105 e. The molecule has 0 heterocycles. The summed E-state index contributed by atoms with van der Waals surface area (Å²) in [5, 5.41) is 0. The Kier molecular flexibility index (Phi) is 2.67. The molecule has 2 aliphatic carbocycles. The highest BCUT2D eigenvalue weighted by molar-refractivity contribution is 5.49. The van der Waals surface area contributed by atoms with E-state index in [0.29, 0.717) is 0 Å². The van der Waals surface area contributed by atoms with Gasteiger partial charge in [0.25, 0.3) is 0 Å². The molecule has 2 rings (SSSR count). The largest absolute Gasteiger partial charge is 0.0588 e. The molecule has 10 radical (unpaired) electrons. The maximum atomic E-state index is 2.26. The molecule has 66 valence electrons. The van der Waals surface area contributed by atoms with Crippen LogP contribution < -0.4 is 0 Å². The van der Waals surface area contributed by atoms with E-state index in [9.17, 15) is 0 Å². The van der Waals surface area contributed by atoms with E-state index in [2.05, 4.69) is 65.2 Å². The van der Waals surface area contributed by atoms with Crippen LogP contribution in [-0.2, 0) is 0 Å². The lowest BCUT2D eigenvalue weighted by Crippen LogP contribution is -2.27. The maximum absolute atomic E-state index is 2.26. The van der Waals surface area contributed by atoms with Gasteiger partial charge in [-0.1, -0.05) is 13.8 Å². The SMILES string of the molecule is CC(C)([C]1[CH][CH][CH][CH]1)[C]1[CH][CH][CH][CH]1. The monoisotopic (exact) mass is 170 g/mol. The van der Waals surface area contributed by atoms with Crippen molar-refractivity contribution in [1.29, 1.82) is 0 Å².